The number of rotatable bonds is 4. The highest BCUT2D eigenvalue weighted by Crippen LogP contribution is 2.38. The van der Waals surface area contributed by atoms with Gasteiger partial charge in [-0.15, -0.1) is 0 Å². The molecule has 2 aromatic carbocycles. The molecule has 2 N–H and O–H groups in total. The molecule has 1 amide bonds. The molecule has 0 unspecified atom stereocenters. The number of hydrogen-bond donors (Lipinski definition) is 2. The summed E-state index contributed by atoms with van der Waals surface area (Å²) in [7, 11) is 0. The molecule has 2 aromatic rings. The topological polar surface area (TPSA) is 66.4 Å². The third kappa shape index (κ3) is 2.23. The highest BCUT2D eigenvalue weighted by Gasteiger charge is 2.29. The van der Waals surface area contributed by atoms with Crippen LogP contribution in [0.2, 0.25) is 0 Å². The zero-order valence-electron chi connectivity index (χ0n) is 11.4. The van der Waals surface area contributed by atoms with Gasteiger partial charge in [0, 0.05) is 35.4 Å². The van der Waals surface area contributed by atoms with Gasteiger partial charge < -0.3 is 10.4 Å². The van der Waals surface area contributed by atoms with Crippen LogP contribution in [0.5, 0.6) is 0 Å². The molecule has 0 atom stereocenters. The lowest BCUT2D eigenvalue weighted by atomic mass is 9.99. The van der Waals surface area contributed by atoms with Gasteiger partial charge in [-0.3, -0.25) is 9.59 Å². The Hall–Kier alpha value is -2.46. The first kappa shape index (κ1) is 13.5. The van der Waals surface area contributed by atoms with Gasteiger partial charge in [-0.05, 0) is 18.1 Å². The van der Waals surface area contributed by atoms with Crippen molar-refractivity contribution in [2.45, 2.75) is 6.42 Å². The summed E-state index contributed by atoms with van der Waals surface area (Å²) in [6, 6.07) is 12.5. The van der Waals surface area contributed by atoms with Gasteiger partial charge in [0.15, 0.2) is 5.78 Å². The quantitative estimate of drug-likeness (QED) is 0.719. The summed E-state index contributed by atoms with van der Waals surface area (Å²) in [6.45, 7) is 0.448. The van der Waals surface area contributed by atoms with Crippen molar-refractivity contribution in [3.8, 4) is 11.1 Å². The van der Waals surface area contributed by atoms with E-state index in [9.17, 15) is 9.59 Å². The van der Waals surface area contributed by atoms with Crippen molar-refractivity contribution in [1.82, 2.24) is 5.32 Å². The Labute approximate surface area is 122 Å². The van der Waals surface area contributed by atoms with E-state index in [1.807, 2.05) is 18.2 Å². The number of fused-ring (bicyclic) bond motifs is 3. The Morgan fingerprint density at radius 3 is 2.48 bits per heavy atom. The monoisotopic (exact) mass is 281 g/mol. The van der Waals surface area contributed by atoms with E-state index in [2.05, 4.69) is 5.32 Å². The molecule has 0 aromatic heterocycles. The molecule has 4 heteroatoms. The summed E-state index contributed by atoms with van der Waals surface area (Å²) < 4.78 is 0. The minimum Gasteiger partial charge on any atom is -0.396 e. The second kappa shape index (κ2) is 5.50. The van der Waals surface area contributed by atoms with Crippen molar-refractivity contribution in [1.29, 1.82) is 0 Å². The first-order valence-electron chi connectivity index (χ1n) is 6.90. The van der Waals surface area contributed by atoms with Crippen molar-refractivity contribution in [3.05, 3.63) is 59.2 Å². The highest BCUT2D eigenvalue weighted by atomic mass is 16.3. The van der Waals surface area contributed by atoms with E-state index in [4.69, 9.17) is 5.11 Å². The molecule has 3 rings (SSSR count). The van der Waals surface area contributed by atoms with E-state index >= 15 is 0 Å². The fourth-order valence-corrected chi connectivity index (χ4v) is 2.64. The zero-order chi connectivity index (χ0) is 14.8. The molecule has 0 fully saturated rings. The number of ketones is 1. The van der Waals surface area contributed by atoms with Crippen LogP contribution in [0.25, 0.3) is 11.1 Å². The predicted molar refractivity (Wildman–Crippen MR) is 79.3 cm³/mol. The fourth-order valence-electron chi connectivity index (χ4n) is 2.64. The van der Waals surface area contributed by atoms with Crippen LogP contribution >= 0.6 is 0 Å². The molecule has 106 valence electrons. The van der Waals surface area contributed by atoms with Crippen LogP contribution < -0.4 is 5.32 Å². The molecule has 1 aliphatic rings. The number of nitrogens with one attached hydrogen (secondary N) is 1. The van der Waals surface area contributed by atoms with Gasteiger partial charge in [-0.1, -0.05) is 36.4 Å². The number of amides is 1. The average Bonchev–Trinajstić information content (AvgIpc) is 2.81. The van der Waals surface area contributed by atoms with Crippen molar-refractivity contribution >= 4 is 11.7 Å². The van der Waals surface area contributed by atoms with E-state index in [-0.39, 0.29) is 18.3 Å². The average molecular weight is 281 g/mol. The van der Waals surface area contributed by atoms with E-state index in [1.165, 1.54) is 0 Å². The van der Waals surface area contributed by atoms with Gasteiger partial charge in [0.25, 0.3) is 5.91 Å². The first-order valence-corrected chi connectivity index (χ1v) is 6.90. The van der Waals surface area contributed by atoms with Gasteiger partial charge in [0.05, 0.1) is 0 Å². The third-order valence-corrected chi connectivity index (χ3v) is 3.62. The van der Waals surface area contributed by atoms with E-state index in [1.54, 1.807) is 24.3 Å². The molecule has 0 aliphatic heterocycles. The van der Waals surface area contributed by atoms with Crippen molar-refractivity contribution in [3.63, 3.8) is 0 Å². The van der Waals surface area contributed by atoms with E-state index < -0.39 is 0 Å². The molecule has 0 bridgehead atoms. The molecule has 21 heavy (non-hydrogen) atoms. The number of hydrogen-bond acceptors (Lipinski definition) is 3. The summed E-state index contributed by atoms with van der Waals surface area (Å²) in [5.41, 5.74) is 3.24. The standard InChI is InChI=1S/C17H15NO3/c19-10-4-9-18-17(21)14-8-3-7-13-15(14)11-5-1-2-6-12(11)16(13)20/h1-3,5-8,19H,4,9-10H2,(H,18,21). The summed E-state index contributed by atoms with van der Waals surface area (Å²) in [5.74, 6) is -0.254. The van der Waals surface area contributed by atoms with Crippen LogP contribution in [0, 0.1) is 0 Å². The molecule has 0 saturated carbocycles. The Balaban J connectivity index is 2.04. The normalized spacial score (nSPS) is 12.0. The van der Waals surface area contributed by atoms with Gasteiger partial charge in [-0.25, -0.2) is 0 Å². The molecule has 4 nitrogen and oxygen atoms in total. The molecular formula is C17H15NO3. The lowest BCUT2D eigenvalue weighted by molar-refractivity contribution is 0.0951. The summed E-state index contributed by atoms with van der Waals surface area (Å²) in [5, 5.41) is 11.5. The minimum atomic E-state index is -0.218. The Bertz CT molecular complexity index is 722. The molecule has 0 spiro atoms. The number of aliphatic hydroxyl groups excluding tert-OH is 1. The lowest BCUT2D eigenvalue weighted by Gasteiger charge is -2.09. The number of carbonyl (C=O) groups excluding carboxylic acids is 2. The Morgan fingerprint density at radius 1 is 1.00 bits per heavy atom. The van der Waals surface area contributed by atoms with Crippen LogP contribution in [0.1, 0.15) is 32.7 Å². The van der Waals surface area contributed by atoms with Gasteiger partial charge in [-0.2, -0.15) is 0 Å². The first-order chi connectivity index (χ1) is 10.2. The van der Waals surface area contributed by atoms with Crippen LogP contribution in [0.15, 0.2) is 42.5 Å². The molecule has 0 heterocycles. The molecule has 0 saturated heterocycles. The predicted octanol–water partition coefficient (Wildman–Crippen LogP) is 2.01. The van der Waals surface area contributed by atoms with Crippen LogP contribution in [0.4, 0.5) is 0 Å². The Morgan fingerprint density at radius 2 is 1.71 bits per heavy atom. The zero-order valence-corrected chi connectivity index (χ0v) is 11.4. The highest BCUT2D eigenvalue weighted by molar-refractivity contribution is 6.24. The SMILES string of the molecule is O=C(NCCCO)c1cccc2c1-c1ccccc1C2=O. The van der Waals surface area contributed by atoms with Gasteiger partial charge >= 0.3 is 0 Å². The lowest BCUT2D eigenvalue weighted by Crippen LogP contribution is -2.25. The molecule has 0 radical (unpaired) electrons. The number of carbonyl (C=O) groups is 2. The molecule has 1 aliphatic carbocycles. The van der Waals surface area contributed by atoms with Crippen LogP contribution in [-0.4, -0.2) is 29.9 Å². The Kier molecular flexibility index (Phi) is 3.54. The number of benzene rings is 2. The van der Waals surface area contributed by atoms with E-state index in [0.717, 1.165) is 5.56 Å². The molecular weight excluding hydrogens is 266 g/mol. The van der Waals surface area contributed by atoms with Gasteiger partial charge in [0.1, 0.15) is 0 Å². The van der Waals surface area contributed by atoms with Crippen LogP contribution in [0.3, 0.4) is 0 Å². The fraction of sp³-hybridized carbons (Fsp3) is 0.176. The summed E-state index contributed by atoms with van der Waals surface area (Å²) >= 11 is 0. The maximum absolute atomic E-state index is 12.4. The third-order valence-electron chi connectivity index (χ3n) is 3.62. The summed E-state index contributed by atoms with van der Waals surface area (Å²) in [6.07, 6.45) is 0.510. The number of aliphatic hydroxyl groups is 1. The maximum atomic E-state index is 12.4. The maximum Gasteiger partial charge on any atom is 0.251 e. The summed E-state index contributed by atoms with van der Waals surface area (Å²) in [4.78, 5) is 24.7. The second-order valence-electron chi connectivity index (χ2n) is 4.94. The van der Waals surface area contributed by atoms with Crippen molar-refractivity contribution < 1.29 is 14.7 Å². The smallest absolute Gasteiger partial charge is 0.251 e. The second-order valence-corrected chi connectivity index (χ2v) is 4.94. The van der Waals surface area contributed by atoms with E-state index in [0.29, 0.717) is 35.2 Å². The van der Waals surface area contributed by atoms with Crippen molar-refractivity contribution in [2.75, 3.05) is 13.2 Å². The van der Waals surface area contributed by atoms with Crippen LogP contribution in [-0.2, 0) is 0 Å². The largest absolute Gasteiger partial charge is 0.396 e. The minimum absolute atomic E-state index is 0.0362. The van der Waals surface area contributed by atoms with Crippen molar-refractivity contribution in [2.24, 2.45) is 0 Å². The van der Waals surface area contributed by atoms with Gasteiger partial charge in [0.2, 0.25) is 0 Å².